The van der Waals surface area contributed by atoms with Crippen molar-refractivity contribution in [1.82, 2.24) is 15.0 Å². The first-order chi connectivity index (χ1) is 15.8. The number of furan rings is 1. The molecule has 0 aliphatic heterocycles. The van der Waals surface area contributed by atoms with E-state index in [1.807, 2.05) is 38.1 Å². The number of hydrogen-bond acceptors (Lipinski definition) is 9. The number of esters is 2. The number of benzene rings is 1. The third-order valence-electron chi connectivity index (χ3n) is 5.39. The van der Waals surface area contributed by atoms with E-state index in [9.17, 15) is 9.59 Å². The van der Waals surface area contributed by atoms with E-state index in [1.54, 1.807) is 13.8 Å². The van der Waals surface area contributed by atoms with Crippen LogP contribution in [0.4, 0.5) is 5.82 Å². The minimum absolute atomic E-state index is 0.0461. The number of aromatic nitrogens is 3. The molecule has 9 heteroatoms. The molecule has 9 nitrogen and oxygen atoms in total. The fourth-order valence-corrected chi connectivity index (χ4v) is 3.86. The van der Waals surface area contributed by atoms with Gasteiger partial charge in [0.2, 0.25) is 5.71 Å². The van der Waals surface area contributed by atoms with E-state index in [2.05, 4.69) is 15.0 Å². The summed E-state index contributed by atoms with van der Waals surface area (Å²) in [7, 11) is 0. The topological polar surface area (TPSA) is 130 Å². The second-order valence-corrected chi connectivity index (χ2v) is 7.46. The van der Waals surface area contributed by atoms with E-state index < -0.39 is 11.9 Å². The van der Waals surface area contributed by atoms with Gasteiger partial charge in [-0.25, -0.2) is 14.6 Å². The van der Waals surface area contributed by atoms with Gasteiger partial charge in [-0.15, -0.1) is 0 Å². The monoisotopic (exact) mass is 448 g/mol. The summed E-state index contributed by atoms with van der Waals surface area (Å²) >= 11 is 0. The summed E-state index contributed by atoms with van der Waals surface area (Å²) in [5.41, 5.74) is 9.22. The quantitative estimate of drug-likeness (QED) is 0.434. The molecule has 33 heavy (non-hydrogen) atoms. The van der Waals surface area contributed by atoms with Crippen molar-refractivity contribution < 1.29 is 23.5 Å². The summed E-state index contributed by atoms with van der Waals surface area (Å²) in [6, 6.07) is 7.43. The number of carbonyl (C=O) groups is 2. The normalized spacial score (nSPS) is 11.2. The minimum atomic E-state index is -0.560. The average molecular weight is 448 g/mol. The molecule has 0 saturated carbocycles. The van der Waals surface area contributed by atoms with Crippen molar-refractivity contribution in [3.63, 3.8) is 0 Å². The molecule has 0 aliphatic carbocycles. The van der Waals surface area contributed by atoms with E-state index in [-0.39, 0.29) is 41.5 Å². The van der Waals surface area contributed by atoms with Gasteiger partial charge in [-0.05, 0) is 38.8 Å². The van der Waals surface area contributed by atoms with Gasteiger partial charge >= 0.3 is 11.9 Å². The molecule has 0 radical (unpaired) electrons. The van der Waals surface area contributed by atoms with E-state index in [4.69, 9.17) is 19.6 Å². The average Bonchev–Trinajstić information content (AvgIpc) is 3.13. The van der Waals surface area contributed by atoms with Crippen molar-refractivity contribution in [2.75, 3.05) is 12.3 Å². The van der Waals surface area contributed by atoms with Gasteiger partial charge in [-0.1, -0.05) is 25.1 Å². The number of para-hydroxylation sites is 1. The highest BCUT2D eigenvalue weighted by Crippen LogP contribution is 2.29. The highest BCUT2D eigenvalue weighted by molar-refractivity contribution is 6.07. The van der Waals surface area contributed by atoms with E-state index in [0.29, 0.717) is 23.1 Å². The van der Waals surface area contributed by atoms with Crippen LogP contribution in [0.1, 0.15) is 57.4 Å². The fourth-order valence-electron chi connectivity index (χ4n) is 3.86. The van der Waals surface area contributed by atoms with Gasteiger partial charge in [0.1, 0.15) is 17.1 Å². The summed E-state index contributed by atoms with van der Waals surface area (Å²) in [5, 5.41) is 0.999. The second kappa shape index (κ2) is 8.85. The van der Waals surface area contributed by atoms with Gasteiger partial charge in [0.05, 0.1) is 23.1 Å². The number of anilines is 1. The molecule has 0 bridgehead atoms. The molecule has 0 fully saturated rings. The third-order valence-corrected chi connectivity index (χ3v) is 5.39. The largest absolute Gasteiger partial charge is 0.462 e. The number of nitrogen functional groups attached to an aromatic ring is 1. The lowest BCUT2D eigenvalue weighted by Gasteiger charge is -2.13. The van der Waals surface area contributed by atoms with Gasteiger partial charge in [0.25, 0.3) is 0 Å². The first-order valence-electron chi connectivity index (χ1n) is 10.6. The summed E-state index contributed by atoms with van der Waals surface area (Å²) in [4.78, 5) is 38.5. The summed E-state index contributed by atoms with van der Waals surface area (Å²) < 4.78 is 16.2. The standard InChI is InChI=1S/C24H24N4O5/c1-5-15-12(3)18(14-9-7-8-10-16(14)26-15)23(29)32-11-17-27-21(25)20-19(24(30)31-6-2)13(4)33-22(20)28-17/h7-10H,5-6,11H2,1-4H3,(H2,25,27,28). The van der Waals surface area contributed by atoms with Crippen LogP contribution in [0, 0.1) is 13.8 Å². The molecule has 0 saturated heterocycles. The summed E-state index contributed by atoms with van der Waals surface area (Å²) in [6.07, 6.45) is 0.688. The van der Waals surface area contributed by atoms with Crippen LogP contribution in [0.2, 0.25) is 0 Å². The smallest absolute Gasteiger partial charge is 0.342 e. The number of aryl methyl sites for hydroxylation is 2. The number of pyridine rings is 1. The zero-order chi connectivity index (χ0) is 23.7. The predicted octanol–water partition coefficient (Wildman–Crippen LogP) is 4.07. The number of carbonyl (C=O) groups excluding carboxylic acids is 2. The Morgan fingerprint density at radius 2 is 1.73 bits per heavy atom. The second-order valence-electron chi connectivity index (χ2n) is 7.46. The van der Waals surface area contributed by atoms with Crippen LogP contribution in [-0.4, -0.2) is 33.5 Å². The Bertz CT molecular complexity index is 1390. The SMILES string of the molecule is CCOC(=O)c1c(C)oc2nc(COC(=O)c3c(C)c(CC)nc4ccccc34)nc(N)c12. The zero-order valence-corrected chi connectivity index (χ0v) is 18.9. The summed E-state index contributed by atoms with van der Waals surface area (Å²) in [6.45, 7) is 7.17. The maximum atomic E-state index is 13.1. The lowest BCUT2D eigenvalue weighted by atomic mass is 10.0. The molecule has 0 atom stereocenters. The van der Waals surface area contributed by atoms with Gasteiger partial charge in [0, 0.05) is 11.1 Å². The van der Waals surface area contributed by atoms with Crippen LogP contribution in [0.3, 0.4) is 0 Å². The third kappa shape index (κ3) is 3.97. The molecule has 2 N–H and O–H groups in total. The van der Waals surface area contributed by atoms with Gasteiger partial charge < -0.3 is 19.6 Å². The first kappa shape index (κ1) is 22.2. The highest BCUT2D eigenvalue weighted by Gasteiger charge is 2.24. The van der Waals surface area contributed by atoms with Crippen LogP contribution < -0.4 is 5.73 Å². The van der Waals surface area contributed by atoms with Crippen molar-refractivity contribution in [3.05, 3.63) is 58.2 Å². The van der Waals surface area contributed by atoms with Crippen LogP contribution in [0.25, 0.3) is 22.0 Å². The molecule has 3 aromatic heterocycles. The number of hydrogen-bond donors (Lipinski definition) is 1. The van der Waals surface area contributed by atoms with Crippen molar-refractivity contribution in [2.45, 2.75) is 40.7 Å². The maximum absolute atomic E-state index is 13.1. The van der Waals surface area contributed by atoms with Gasteiger partial charge in [-0.2, -0.15) is 4.98 Å². The molecular formula is C24H24N4O5. The molecule has 0 aliphatic rings. The van der Waals surface area contributed by atoms with Crippen molar-refractivity contribution in [2.24, 2.45) is 0 Å². The maximum Gasteiger partial charge on any atom is 0.342 e. The predicted molar refractivity (Wildman–Crippen MR) is 122 cm³/mol. The molecule has 4 aromatic rings. The Balaban J connectivity index is 1.65. The van der Waals surface area contributed by atoms with Crippen molar-refractivity contribution >= 4 is 39.8 Å². The number of nitrogens with two attached hydrogens (primary N) is 1. The first-order valence-corrected chi connectivity index (χ1v) is 10.6. The molecule has 1 aromatic carbocycles. The zero-order valence-electron chi connectivity index (χ0n) is 18.9. The molecule has 4 rings (SSSR count). The van der Waals surface area contributed by atoms with E-state index in [1.165, 1.54) is 0 Å². The summed E-state index contributed by atoms with van der Waals surface area (Å²) in [5.74, 6) is -0.542. The molecule has 3 heterocycles. The molecular weight excluding hydrogens is 424 g/mol. The Morgan fingerprint density at radius 3 is 2.45 bits per heavy atom. The highest BCUT2D eigenvalue weighted by atomic mass is 16.5. The van der Waals surface area contributed by atoms with Crippen LogP contribution in [0.15, 0.2) is 28.7 Å². The number of rotatable bonds is 6. The van der Waals surface area contributed by atoms with E-state index >= 15 is 0 Å². The fraction of sp³-hybridized carbons (Fsp3) is 0.292. The van der Waals surface area contributed by atoms with Crippen LogP contribution in [0.5, 0.6) is 0 Å². The molecule has 0 unspecified atom stereocenters. The lowest BCUT2D eigenvalue weighted by Crippen LogP contribution is -2.12. The van der Waals surface area contributed by atoms with Crippen LogP contribution >= 0.6 is 0 Å². The van der Waals surface area contributed by atoms with Crippen LogP contribution in [-0.2, 0) is 22.5 Å². The van der Waals surface area contributed by atoms with Gasteiger partial charge in [0.15, 0.2) is 12.4 Å². The van der Waals surface area contributed by atoms with Crippen molar-refractivity contribution in [1.29, 1.82) is 0 Å². The number of nitrogens with zero attached hydrogens (tertiary/aromatic N) is 3. The van der Waals surface area contributed by atoms with Gasteiger partial charge in [-0.3, -0.25) is 4.98 Å². The van der Waals surface area contributed by atoms with Crippen molar-refractivity contribution in [3.8, 4) is 0 Å². The Hall–Kier alpha value is -4.01. The van der Waals surface area contributed by atoms with E-state index in [0.717, 1.165) is 16.8 Å². The Kier molecular flexibility index (Phi) is 5.95. The molecule has 170 valence electrons. The minimum Gasteiger partial charge on any atom is -0.462 e. The Labute approximate surface area is 189 Å². The Morgan fingerprint density at radius 1 is 1.00 bits per heavy atom. The lowest BCUT2D eigenvalue weighted by molar-refractivity contribution is 0.0462. The molecule has 0 spiro atoms. The molecule has 0 amide bonds. The number of fused-ring (bicyclic) bond motifs is 2. The number of ether oxygens (including phenoxy) is 2.